The third-order valence-electron chi connectivity index (χ3n) is 6.98. The number of ether oxygens (including phenoxy) is 1. The molecule has 2 aromatic heterocycles. The Morgan fingerprint density at radius 2 is 1.85 bits per heavy atom. The molecule has 0 spiro atoms. The number of pyridine rings is 1. The molecule has 8 nitrogen and oxygen atoms in total. The fourth-order valence-corrected chi connectivity index (χ4v) is 5.45. The predicted molar refractivity (Wildman–Crippen MR) is 139 cm³/mol. The maximum atomic E-state index is 16.3. The van der Waals surface area contributed by atoms with Gasteiger partial charge in [-0.05, 0) is 51.3 Å². The number of aryl methyl sites for hydroxylation is 1. The van der Waals surface area contributed by atoms with Crippen molar-refractivity contribution in [1.29, 1.82) is 5.26 Å². The number of fused-ring (bicyclic) bond motifs is 3. The summed E-state index contributed by atoms with van der Waals surface area (Å²) < 4.78 is 64.2. The van der Waals surface area contributed by atoms with Crippen molar-refractivity contribution in [3.05, 3.63) is 34.1 Å². The van der Waals surface area contributed by atoms with Gasteiger partial charge in [0.15, 0.2) is 5.82 Å². The molecule has 0 amide bonds. The molecule has 0 aliphatic carbocycles. The molecule has 206 valence electrons. The van der Waals surface area contributed by atoms with Gasteiger partial charge in [-0.2, -0.15) is 28.4 Å². The normalized spacial score (nSPS) is 19.4. The molecule has 2 fully saturated rings. The number of anilines is 2. The third kappa shape index (κ3) is 5.13. The summed E-state index contributed by atoms with van der Waals surface area (Å²) in [6.45, 7) is 5.63. The molecule has 13 heteroatoms. The molecule has 0 radical (unpaired) electrons. The molecule has 2 bridgehead atoms. The molecule has 2 aliphatic heterocycles. The number of alkyl halides is 3. The van der Waals surface area contributed by atoms with Gasteiger partial charge in [0, 0.05) is 30.6 Å². The highest BCUT2D eigenvalue weighted by atomic mass is 35.5. The number of nitrogens with one attached hydrogen (secondary N) is 1. The Morgan fingerprint density at radius 3 is 2.46 bits per heavy atom. The van der Waals surface area contributed by atoms with E-state index in [0.29, 0.717) is 18.9 Å². The first kappa shape index (κ1) is 27.1. The Balaban J connectivity index is 1.74. The molecule has 0 saturated carbocycles. The van der Waals surface area contributed by atoms with Gasteiger partial charge in [-0.1, -0.05) is 11.6 Å². The third-order valence-corrected chi connectivity index (χ3v) is 7.28. The first-order valence-corrected chi connectivity index (χ1v) is 12.7. The quantitative estimate of drug-likeness (QED) is 0.404. The lowest BCUT2D eigenvalue weighted by Crippen LogP contribution is -2.51. The van der Waals surface area contributed by atoms with Crippen LogP contribution in [0.15, 0.2) is 12.1 Å². The van der Waals surface area contributed by atoms with E-state index in [4.69, 9.17) is 22.1 Å². The zero-order valence-corrected chi connectivity index (χ0v) is 22.2. The summed E-state index contributed by atoms with van der Waals surface area (Å²) in [4.78, 5) is 14.6. The zero-order valence-electron chi connectivity index (χ0n) is 21.5. The fraction of sp³-hybridized carbons (Fsp3) is 0.462. The minimum absolute atomic E-state index is 0.0858. The van der Waals surface area contributed by atoms with Crippen LogP contribution in [0.5, 0.6) is 6.01 Å². The Morgan fingerprint density at radius 1 is 1.18 bits per heavy atom. The van der Waals surface area contributed by atoms with E-state index in [1.165, 1.54) is 13.0 Å². The number of nitriles is 1. The average molecular weight is 564 g/mol. The van der Waals surface area contributed by atoms with Crippen molar-refractivity contribution in [3.63, 3.8) is 0 Å². The van der Waals surface area contributed by atoms with Crippen molar-refractivity contribution in [2.45, 2.75) is 51.9 Å². The zero-order chi connectivity index (χ0) is 28.3. The molecule has 3 N–H and O–H groups in total. The second-order valence-corrected chi connectivity index (χ2v) is 11.1. The minimum atomic E-state index is -4.85. The molecule has 2 aliphatic rings. The van der Waals surface area contributed by atoms with E-state index < -0.39 is 34.2 Å². The highest BCUT2D eigenvalue weighted by Crippen LogP contribution is 2.44. The van der Waals surface area contributed by atoms with Crippen LogP contribution >= 0.6 is 11.6 Å². The molecule has 5 rings (SSSR count). The Bertz CT molecular complexity index is 1490. The molecule has 2 unspecified atom stereocenters. The highest BCUT2D eigenvalue weighted by Gasteiger charge is 2.39. The van der Waals surface area contributed by atoms with Gasteiger partial charge in [0.25, 0.3) is 0 Å². The number of rotatable bonds is 5. The van der Waals surface area contributed by atoms with Crippen LogP contribution in [0.1, 0.15) is 37.8 Å². The van der Waals surface area contributed by atoms with Crippen molar-refractivity contribution in [1.82, 2.24) is 20.3 Å². The first-order chi connectivity index (χ1) is 18.3. The standard InChI is InChI=1S/C26H26ClF4N7O/c1-12-6-17(33)35-22(19(12)26(29,30)31)18-16(27)7-15-21(20(18)28)36-24(39-11-25(2,3)10-32)37-23(15)38-8-13-4-5-14(9-38)34-13/h6-7,13-14,34H,4-5,8-9,11H2,1-3H3,(H2,33,35). The predicted octanol–water partition coefficient (Wildman–Crippen LogP) is 5.26. The fourth-order valence-electron chi connectivity index (χ4n) is 5.17. The molecule has 39 heavy (non-hydrogen) atoms. The van der Waals surface area contributed by atoms with Crippen LogP contribution in [0, 0.1) is 29.5 Å². The van der Waals surface area contributed by atoms with E-state index in [-0.39, 0.29) is 52.0 Å². The van der Waals surface area contributed by atoms with Gasteiger partial charge in [0.05, 0.1) is 33.3 Å². The van der Waals surface area contributed by atoms with Gasteiger partial charge in [-0.15, -0.1) is 0 Å². The first-order valence-electron chi connectivity index (χ1n) is 12.4. The maximum Gasteiger partial charge on any atom is 0.418 e. The van der Waals surface area contributed by atoms with Gasteiger partial charge in [0.2, 0.25) is 0 Å². The lowest BCUT2D eigenvalue weighted by molar-refractivity contribution is -0.137. The number of benzene rings is 1. The van der Waals surface area contributed by atoms with E-state index in [0.717, 1.165) is 18.9 Å². The maximum absolute atomic E-state index is 16.3. The Hall–Kier alpha value is -3.43. The van der Waals surface area contributed by atoms with Crippen molar-refractivity contribution in [3.8, 4) is 23.3 Å². The van der Waals surface area contributed by atoms with Crippen LogP contribution in [0.2, 0.25) is 5.02 Å². The number of halogens is 5. The molecule has 4 heterocycles. The van der Waals surface area contributed by atoms with E-state index >= 15 is 4.39 Å². The van der Waals surface area contributed by atoms with Crippen LogP contribution in [0.3, 0.4) is 0 Å². The Labute approximate surface area is 227 Å². The molecule has 3 aromatic rings. The number of aromatic nitrogens is 3. The van der Waals surface area contributed by atoms with Gasteiger partial charge in [0.1, 0.15) is 23.8 Å². The summed E-state index contributed by atoms with van der Waals surface area (Å²) in [6.07, 6.45) is -2.90. The topological polar surface area (TPSA) is 113 Å². The Kier molecular flexibility index (Phi) is 6.71. The molecule has 2 atom stereocenters. The molecular weight excluding hydrogens is 538 g/mol. The summed E-state index contributed by atoms with van der Waals surface area (Å²) >= 11 is 6.49. The molecule has 2 saturated heterocycles. The number of hydrogen-bond acceptors (Lipinski definition) is 8. The van der Waals surface area contributed by atoms with Crippen LogP contribution < -0.4 is 20.7 Å². The van der Waals surface area contributed by atoms with Gasteiger partial charge in [-0.3, -0.25) is 0 Å². The summed E-state index contributed by atoms with van der Waals surface area (Å²) in [5.74, 6) is -0.969. The number of hydrogen-bond donors (Lipinski definition) is 2. The van der Waals surface area contributed by atoms with E-state index in [1.807, 2.05) is 4.90 Å². The number of nitrogen functional groups attached to an aromatic ring is 1. The summed E-state index contributed by atoms with van der Waals surface area (Å²) in [7, 11) is 0. The van der Waals surface area contributed by atoms with Crippen molar-refractivity contribution < 1.29 is 22.3 Å². The second-order valence-electron chi connectivity index (χ2n) is 10.7. The minimum Gasteiger partial charge on any atom is -0.462 e. The lowest BCUT2D eigenvalue weighted by atomic mass is 9.98. The highest BCUT2D eigenvalue weighted by molar-refractivity contribution is 6.34. The van der Waals surface area contributed by atoms with Gasteiger partial charge >= 0.3 is 12.2 Å². The largest absolute Gasteiger partial charge is 0.462 e. The average Bonchev–Trinajstić information content (AvgIpc) is 3.18. The number of nitrogens with zero attached hydrogens (tertiary/aromatic N) is 5. The van der Waals surface area contributed by atoms with Crippen LogP contribution in [0.4, 0.5) is 29.2 Å². The second kappa shape index (κ2) is 9.64. The SMILES string of the molecule is Cc1cc(N)nc(-c2c(Cl)cc3c(N4CC5CCC(C4)N5)nc(OCC(C)(C)C#N)nc3c2F)c1C(F)(F)F. The van der Waals surface area contributed by atoms with E-state index in [2.05, 4.69) is 26.3 Å². The summed E-state index contributed by atoms with van der Waals surface area (Å²) in [5, 5.41) is 12.8. The monoisotopic (exact) mass is 563 g/mol. The van der Waals surface area contributed by atoms with Crippen LogP contribution in [0.25, 0.3) is 22.2 Å². The molecular formula is C26H26ClF4N7O. The number of piperazine rings is 1. The smallest absolute Gasteiger partial charge is 0.418 e. The van der Waals surface area contributed by atoms with Gasteiger partial charge in [-0.25, -0.2) is 9.37 Å². The van der Waals surface area contributed by atoms with E-state index in [1.54, 1.807) is 13.8 Å². The summed E-state index contributed by atoms with van der Waals surface area (Å²) in [5.41, 5.74) is 1.95. The van der Waals surface area contributed by atoms with Crippen LogP contribution in [-0.4, -0.2) is 46.7 Å². The van der Waals surface area contributed by atoms with Crippen molar-refractivity contribution >= 4 is 34.1 Å². The number of nitrogens with two attached hydrogens (primary N) is 1. The molecule has 1 aromatic carbocycles. The van der Waals surface area contributed by atoms with Crippen molar-refractivity contribution in [2.24, 2.45) is 5.41 Å². The van der Waals surface area contributed by atoms with Gasteiger partial charge < -0.3 is 20.7 Å². The summed E-state index contributed by atoms with van der Waals surface area (Å²) in [6, 6.07) is 4.76. The van der Waals surface area contributed by atoms with Crippen LogP contribution in [-0.2, 0) is 6.18 Å². The lowest BCUT2D eigenvalue weighted by Gasteiger charge is -2.34. The van der Waals surface area contributed by atoms with Crippen molar-refractivity contribution in [2.75, 3.05) is 30.3 Å². The van der Waals surface area contributed by atoms with E-state index in [9.17, 15) is 18.4 Å².